The van der Waals surface area contributed by atoms with Crippen molar-refractivity contribution in [3.05, 3.63) is 12.3 Å². The average molecular weight is 150 g/mol. The summed E-state index contributed by atoms with van der Waals surface area (Å²) in [5, 5.41) is 0. The molecular weight excluding hydrogens is 146 g/mol. The van der Waals surface area contributed by atoms with E-state index in [1.807, 2.05) is 0 Å². The SMILES string of the molecule is C=C(OS(=O)[O-])C(N)=O. The van der Waals surface area contributed by atoms with Crippen molar-refractivity contribution in [3.63, 3.8) is 0 Å². The van der Waals surface area contributed by atoms with E-state index in [1.54, 1.807) is 0 Å². The van der Waals surface area contributed by atoms with Gasteiger partial charge in [0, 0.05) is 0 Å². The van der Waals surface area contributed by atoms with E-state index in [1.165, 1.54) is 0 Å². The van der Waals surface area contributed by atoms with Gasteiger partial charge in [0.2, 0.25) is 0 Å². The highest BCUT2D eigenvalue weighted by molar-refractivity contribution is 7.74. The molecule has 0 saturated heterocycles. The number of nitrogens with two attached hydrogens (primary N) is 1. The molecule has 2 N–H and O–H groups in total. The lowest BCUT2D eigenvalue weighted by molar-refractivity contribution is -0.116. The zero-order chi connectivity index (χ0) is 7.44. The van der Waals surface area contributed by atoms with Crippen LogP contribution in [-0.2, 0) is 20.3 Å². The van der Waals surface area contributed by atoms with Crippen molar-refractivity contribution in [2.75, 3.05) is 0 Å². The summed E-state index contributed by atoms with van der Waals surface area (Å²) in [6.45, 7) is 2.90. The molecule has 0 aliphatic carbocycles. The molecule has 1 atom stereocenters. The van der Waals surface area contributed by atoms with Crippen LogP contribution in [-0.4, -0.2) is 14.7 Å². The highest BCUT2D eigenvalue weighted by atomic mass is 32.2. The van der Waals surface area contributed by atoms with Gasteiger partial charge in [-0.3, -0.25) is 4.79 Å². The lowest BCUT2D eigenvalue weighted by atomic mass is 10.6. The molecule has 1 amide bonds. The zero-order valence-electron chi connectivity index (χ0n) is 4.33. The summed E-state index contributed by atoms with van der Waals surface area (Å²) in [5.74, 6) is -1.59. The fraction of sp³-hybridized carbons (Fsp3) is 0. The van der Waals surface area contributed by atoms with Crippen LogP contribution in [0.15, 0.2) is 12.3 Å². The molecule has 1 unspecified atom stereocenters. The summed E-state index contributed by atoms with van der Waals surface area (Å²) in [5.41, 5.74) is 4.55. The van der Waals surface area contributed by atoms with E-state index < -0.39 is 23.0 Å². The number of primary amides is 1. The second kappa shape index (κ2) is 3.21. The van der Waals surface area contributed by atoms with Crippen molar-refractivity contribution in [2.24, 2.45) is 5.73 Å². The van der Waals surface area contributed by atoms with Crippen molar-refractivity contribution >= 4 is 17.3 Å². The van der Waals surface area contributed by atoms with Crippen molar-refractivity contribution in [1.82, 2.24) is 0 Å². The molecule has 0 aliphatic heterocycles. The summed E-state index contributed by atoms with van der Waals surface area (Å²) in [7, 11) is 0. The van der Waals surface area contributed by atoms with Gasteiger partial charge in [-0.25, -0.2) is 4.21 Å². The first-order valence-electron chi connectivity index (χ1n) is 1.80. The van der Waals surface area contributed by atoms with E-state index in [9.17, 15) is 13.6 Å². The lowest BCUT2D eigenvalue weighted by Crippen LogP contribution is -2.15. The number of carbonyl (C=O) groups excluding carboxylic acids is 1. The van der Waals surface area contributed by atoms with E-state index in [0.29, 0.717) is 0 Å². The molecule has 0 bridgehead atoms. The first-order chi connectivity index (χ1) is 4.04. The standard InChI is InChI=1S/C3H5NO4S/c1-2(3(4)5)8-9(6)7/h1H2,(H2,4,5)(H,6,7)/p-1. The van der Waals surface area contributed by atoms with Gasteiger partial charge in [0.15, 0.2) is 5.76 Å². The number of carbonyl (C=O) groups is 1. The van der Waals surface area contributed by atoms with Crippen LogP contribution in [0, 0.1) is 0 Å². The molecular formula is C3H4NO4S-. The van der Waals surface area contributed by atoms with Crippen LogP contribution in [0.25, 0.3) is 0 Å². The Morgan fingerprint density at radius 2 is 2.22 bits per heavy atom. The molecule has 0 saturated carbocycles. The van der Waals surface area contributed by atoms with Gasteiger partial charge in [0.05, 0.1) is 0 Å². The smallest absolute Gasteiger partial charge is 0.284 e. The highest BCUT2D eigenvalue weighted by Gasteiger charge is 2.00. The van der Waals surface area contributed by atoms with Gasteiger partial charge in [0.1, 0.15) is 11.4 Å². The molecule has 0 aliphatic rings. The summed E-state index contributed by atoms with van der Waals surface area (Å²) in [6.07, 6.45) is 0. The number of amides is 1. The van der Waals surface area contributed by atoms with Gasteiger partial charge in [-0.1, -0.05) is 0 Å². The minimum atomic E-state index is -2.77. The van der Waals surface area contributed by atoms with Gasteiger partial charge in [-0.2, -0.15) is 0 Å². The third-order valence-corrected chi connectivity index (χ3v) is 0.781. The molecule has 0 aromatic rings. The van der Waals surface area contributed by atoms with Gasteiger partial charge in [0.25, 0.3) is 5.91 Å². The number of hydrogen-bond donors (Lipinski definition) is 1. The number of hydrogen-bond acceptors (Lipinski definition) is 4. The molecule has 0 radical (unpaired) electrons. The fourth-order valence-electron chi connectivity index (χ4n) is 0.123. The Kier molecular flexibility index (Phi) is 2.89. The third kappa shape index (κ3) is 3.68. The minimum absolute atomic E-state index is 0.594. The molecule has 0 aromatic heterocycles. The van der Waals surface area contributed by atoms with E-state index in [-0.39, 0.29) is 0 Å². The van der Waals surface area contributed by atoms with Crippen molar-refractivity contribution in [1.29, 1.82) is 0 Å². The predicted octanol–water partition coefficient (Wildman–Crippen LogP) is -1.20. The third-order valence-electron chi connectivity index (χ3n) is 0.443. The normalized spacial score (nSPS) is 12.1. The van der Waals surface area contributed by atoms with E-state index in [0.717, 1.165) is 0 Å². The molecule has 0 aromatic carbocycles. The lowest BCUT2D eigenvalue weighted by Gasteiger charge is -2.04. The summed E-state index contributed by atoms with van der Waals surface area (Å²) >= 11 is -2.77. The van der Waals surface area contributed by atoms with E-state index >= 15 is 0 Å². The van der Waals surface area contributed by atoms with Gasteiger partial charge in [-0.15, -0.1) is 0 Å². The molecule has 5 nitrogen and oxygen atoms in total. The predicted molar refractivity (Wildman–Crippen MR) is 28.3 cm³/mol. The van der Waals surface area contributed by atoms with Gasteiger partial charge < -0.3 is 14.5 Å². The molecule has 6 heteroatoms. The topological polar surface area (TPSA) is 92.4 Å². The number of rotatable bonds is 3. The first kappa shape index (κ1) is 8.12. The Morgan fingerprint density at radius 3 is 2.33 bits per heavy atom. The maximum Gasteiger partial charge on any atom is 0.284 e. The maximum atomic E-state index is 9.96. The molecule has 9 heavy (non-hydrogen) atoms. The van der Waals surface area contributed by atoms with Crippen LogP contribution in [0.3, 0.4) is 0 Å². The van der Waals surface area contributed by atoms with Crippen LogP contribution >= 0.6 is 0 Å². The largest absolute Gasteiger partial charge is 0.740 e. The summed E-state index contributed by atoms with van der Waals surface area (Å²) in [6, 6.07) is 0. The highest BCUT2D eigenvalue weighted by Crippen LogP contribution is 1.92. The quantitative estimate of drug-likeness (QED) is 0.310. The van der Waals surface area contributed by atoms with Crippen molar-refractivity contribution in [3.8, 4) is 0 Å². The van der Waals surface area contributed by atoms with Crippen LogP contribution in [0.1, 0.15) is 0 Å². The summed E-state index contributed by atoms with van der Waals surface area (Å²) < 4.78 is 23.0. The Hall–Kier alpha value is -0.880. The molecule has 0 rings (SSSR count). The van der Waals surface area contributed by atoms with Crippen molar-refractivity contribution in [2.45, 2.75) is 0 Å². The van der Waals surface area contributed by atoms with Gasteiger partial charge >= 0.3 is 0 Å². The minimum Gasteiger partial charge on any atom is -0.740 e. The molecule has 0 spiro atoms. The molecule has 0 fully saturated rings. The average Bonchev–Trinajstić information content (AvgIpc) is 1.63. The Balaban J connectivity index is 3.79. The van der Waals surface area contributed by atoms with Crippen LogP contribution in [0.5, 0.6) is 0 Å². The maximum absolute atomic E-state index is 9.96. The second-order valence-corrected chi connectivity index (χ2v) is 1.65. The van der Waals surface area contributed by atoms with E-state index in [2.05, 4.69) is 16.5 Å². The Morgan fingerprint density at radius 1 is 1.78 bits per heavy atom. The van der Waals surface area contributed by atoms with Crippen molar-refractivity contribution < 1.29 is 17.7 Å². The summed E-state index contributed by atoms with van der Waals surface area (Å²) in [4.78, 5) is 9.96. The first-order valence-corrected chi connectivity index (χ1v) is 2.80. The van der Waals surface area contributed by atoms with Crippen LogP contribution in [0.2, 0.25) is 0 Å². The van der Waals surface area contributed by atoms with Gasteiger partial charge in [-0.05, 0) is 6.58 Å². The van der Waals surface area contributed by atoms with Crippen LogP contribution < -0.4 is 5.73 Å². The fourth-order valence-corrected chi connectivity index (χ4v) is 0.370. The Labute approximate surface area is 54.0 Å². The van der Waals surface area contributed by atoms with Crippen LogP contribution in [0.4, 0.5) is 0 Å². The molecule has 52 valence electrons. The second-order valence-electron chi connectivity index (χ2n) is 1.07. The molecule has 0 heterocycles. The zero-order valence-corrected chi connectivity index (χ0v) is 5.14. The van der Waals surface area contributed by atoms with E-state index in [4.69, 9.17) is 0 Å². The Bertz CT molecular complexity index is 165. The monoisotopic (exact) mass is 150 g/mol.